The zero-order valence-corrected chi connectivity index (χ0v) is 12.6. The van der Waals surface area contributed by atoms with E-state index >= 15 is 0 Å². The van der Waals surface area contributed by atoms with Gasteiger partial charge in [-0.3, -0.25) is 16.3 Å². The number of hydrazine groups is 1. The molecule has 3 N–H and O–H groups in total. The van der Waals surface area contributed by atoms with Crippen LogP contribution >= 0.6 is 0 Å². The van der Waals surface area contributed by atoms with Gasteiger partial charge in [0.15, 0.2) is 0 Å². The van der Waals surface area contributed by atoms with Gasteiger partial charge in [-0.25, -0.2) is 0 Å². The predicted molar refractivity (Wildman–Crippen MR) is 81.0 cm³/mol. The monoisotopic (exact) mass is 277 g/mol. The molecule has 4 nitrogen and oxygen atoms in total. The topological polar surface area (TPSA) is 60.2 Å². The van der Waals surface area contributed by atoms with E-state index in [9.17, 15) is 0 Å². The first-order valence-corrected chi connectivity index (χ1v) is 7.75. The normalized spacial score (nSPS) is 19.8. The Bertz CT molecular complexity index is 404. The number of hydrogen-bond donors (Lipinski definition) is 2. The first-order chi connectivity index (χ1) is 9.76. The number of nitrogens with two attached hydrogens (primary N) is 1. The SMILES string of the molecule is CCOC(C1CCCCC1)C(NN)c1cncc(C)c1. The number of nitrogens with one attached hydrogen (secondary N) is 1. The fourth-order valence-electron chi connectivity index (χ4n) is 3.29. The molecule has 1 aliphatic carbocycles. The van der Waals surface area contributed by atoms with E-state index in [1.54, 1.807) is 0 Å². The summed E-state index contributed by atoms with van der Waals surface area (Å²) in [5.41, 5.74) is 5.24. The second-order valence-corrected chi connectivity index (χ2v) is 5.76. The zero-order valence-electron chi connectivity index (χ0n) is 12.6. The number of hydrogen-bond acceptors (Lipinski definition) is 4. The van der Waals surface area contributed by atoms with Gasteiger partial charge in [-0.2, -0.15) is 0 Å². The van der Waals surface area contributed by atoms with Crippen molar-refractivity contribution in [2.45, 2.75) is 58.1 Å². The second kappa shape index (κ2) is 7.72. The molecular weight excluding hydrogens is 250 g/mol. The number of aryl methyl sites for hydroxylation is 1. The van der Waals surface area contributed by atoms with Gasteiger partial charge in [0.05, 0.1) is 12.1 Å². The van der Waals surface area contributed by atoms with Crippen molar-refractivity contribution in [1.82, 2.24) is 10.4 Å². The Morgan fingerprint density at radius 1 is 1.35 bits per heavy atom. The summed E-state index contributed by atoms with van der Waals surface area (Å²) in [6, 6.07) is 2.16. The van der Waals surface area contributed by atoms with E-state index in [2.05, 4.69) is 30.3 Å². The minimum absolute atomic E-state index is 0.0189. The zero-order chi connectivity index (χ0) is 14.4. The van der Waals surface area contributed by atoms with Gasteiger partial charge in [-0.15, -0.1) is 0 Å². The lowest BCUT2D eigenvalue weighted by molar-refractivity contribution is -0.0184. The van der Waals surface area contributed by atoms with Crippen molar-refractivity contribution in [3.05, 3.63) is 29.6 Å². The van der Waals surface area contributed by atoms with Crippen molar-refractivity contribution >= 4 is 0 Å². The Kier molecular flexibility index (Phi) is 5.95. The molecule has 1 heterocycles. The largest absolute Gasteiger partial charge is 0.376 e. The van der Waals surface area contributed by atoms with Crippen molar-refractivity contribution < 1.29 is 4.74 Å². The summed E-state index contributed by atoms with van der Waals surface area (Å²) in [6.07, 6.45) is 10.3. The van der Waals surface area contributed by atoms with Crippen LogP contribution in [0.5, 0.6) is 0 Å². The predicted octanol–water partition coefficient (Wildman–Crippen LogP) is 2.88. The highest BCUT2D eigenvalue weighted by atomic mass is 16.5. The van der Waals surface area contributed by atoms with Crippen LogP contribution in [-0.4, -0.2) is 17.7 Å². The fraction of sp³-hybridized carbons (Fsp3) is 0.688. The average molecular weight is 277 g/mol. The van der Waals surface area contributed by atoms with Crippen LogP contribution in [0, 0.1) is 12.8 Å². The third kappa shape index (κ3) is 3.78. The van der Waals surface area contributed by atoms with Crippen molar-refractivity contribution in [3.8, 4) is 0 Å². The van der Waals surface area contributed by atoms with Gasteiger partial charge in [0.25, 0.3) is 0 Å². The molecule has 0 radical (unpaired) electrons. The van der Waals surface area contributed by atoms with E-state index in [1.807, 2.05) is 12.4 Å². The molecule has 20 heavy (non-hydrogen) atoms. The molecule has 1 aliphatic rings. The lowest BCUT2D eigenvalue weighted by Crippen LogP contribution is -2.42. The molecule has 0 spiro atoms. The van der Waals surface area contributed by atoms with E-state index in [0.29, 0.717) is 5.92 Å². The number of aromatic nitrogens is 1. The highest BCUT2D eigenvalue weighted by Gasteiger charge is 2.31. The van der Waals surface area contributed by atoms with Crippen LogP contribution in [0.15, 0.2) is 18.5 Å². The molecule has 2 unspecified atom stereocenters. The van der Waals surface area contributed by atoms with Crippen molar-refractivity contribution in [1.29, 1.82) is 0 Å². The molecule has 0 amide bonds. The lowest BCUT2D eigenvalue weighted by atomic mass is 9.81. The standard InChI is InChI=1S/C16H27N3O/c1-3-20-16(13-7-5-4-6-8-13)15(19-17)14-9-12(2)10-18-11-14/h9-11,13,15-16,19H,3-8,17H2,1-2H3. The maximum atomic E-state index is 6.06. The summed E-state index contributed by atoms with van der Waals surface area (Å²) in [7, 11) is 0. The van der Waals surface area contributed by atoms with Crippen LogP contribution in [0.3, 0.4) is 0 Å². The molecular formula is C16H27N3O. The van der Waals surface area contributed by atoms with Gasteiger partial charge in [0.1, 0.15) is 0 Å². The maximum absolute atomic E-state index is 6.06. The van der Waals surface area contributed by atoms with Crippen molar-refractivity contribution in [3.63, 3.8) is 0 Å². The number of rotatable bonds is 6. The van der Waals surface area contributed by atoms with Crippen molar-refractivity contribution in [2.24, 2.45) is 11.8 Å². The van der Waals surface area contributed by atoms with Gasteiger partial charge in [-0.1, -0.05) is 25.3 Å². The molecule has 0 aliphatic heterocycles. The Balaban J connectivity index is 2.19. The molecule has 1 aromatic rings. The quantitative estimate of drug-likeness (QED) is 0.620. The van der Waals surface area contributed by atoms with Crippen LogP contribution < -0.4 is 11.3 Å². The van der Waals surface area contributed by atoms with Crippen LogP contribution in [0.1, 0.15) is 56.2 Å². The molecule has 112 valence electrons. The molecule has 1 aromatic heterocycles. The second-order valence-electron chi connectivity index (χ2n) is 5.76. The van der Waals surface area contributed by atoms with Gasteiger partial charge >= 0.3 is 0 Å². The Morgan fingerprint density at radius 3 is 2.70 bits per heavy atom. The van der Waals surface area contributed by atoms with E-state index in [4.69, 9.17) is 10.6 Å². The van der Waals surface area contributed by atoms with Gasteiger partial charge in [-0.05, 0) is 43.7 Å². The first-order valence-electron chi connectivity index (χ1n) is 7.75. The molecule has 4 heteroatoms. The Morgan fingerprint density at radius 2 is 2.10 bits per heavy atom. The van der Waals surface area contributed by atoms with E-state index < -0.39 is 0 Å². The van der Waals surface area contributed by atoms with E-state index in [0.717, 1.165) is 17.7 Å². The van der Waals surface area contributed by atoms with Gasteiger partial charge < -0.3 is 4.74 Å². The highest BCUT2D eigenvalue weighted by molar-refractivity contribution is 5.21. The minimum Gasteiger partial charge on any atom is -0.376 e. The number of ether oxygens (including phenoxy) is 1. The fourth-order valence-corrected chi connectivity index (χ4v) is 3.29. The smallest absolute Gasteiger partial charge is 0.0811 e. The maximum Gasteiger partial charge on any atom is 0.0811 e. The van der Waals surface area contributed by atoms with E-state index in [1.165, 1.54) is 32.1 Å². The minimum atomic E-state index is 0.0189. The van der Waals surface area contributed by atoms with Crippen LogP contribution in [-0.2, 0) is 4.74 Å². The third-order valence-corrected chi connectivity index (χ3v) is 4.24. The molecule has 0 saturated heterocycles. The Labute approximate surface area is 122 Å². The summed E-state index contributed by atoms with van der Waals surface area (Å²) in [5.74, 6) is 6.42. The average Bonchev–Trinajstić information content (AvgIpc) is 2.48. The number of nitrogens with zero attached hydrogens (tertiary/aromatic N) is 1. The van der Waals surface area contributed by atoms with E-state index in [-0.39, 0.29) is 12.1 Å². The Hall–Kier alpha value is -0.970. The molecule has 2 atom stereocenters. The van der Waals surface area contributed by atoms with Crippen molar-refractivity contribution in [2.75, 3.05) is 6.61 Å². The summed E-state index contributed by atoms with van der Waals surface area (Å²) in [4.78, 5) is 4.29. The van der Waals surface area contributed by atoms with Crippen LogP contribution in [0.25, 0.3) is 0 Å². The summed E-state index contributed by atoms with van der Waals surface area (Å²) < 4.78 is 6.06. The van der Waals surface area contributed by atoms with Crippen LogP contribution in [0.2, 0.25) is 0 Å². The summed E-state index contributed by atoms with van der Waals surface area (Å²) >= 11 is 0. The van der Waals surface area contributed by atoms with Gasteiger partial charge in [0.2, 0.25) is 0 Å². The molecule has 2 rings (SSSR count). The van der Waals surface area contributed by atoms with Crippen LogP contribution in [0.4, 0.5) is 0 Å². The number of pyridine rings is 1. The highest BCUT2D eigenvalue weighted by Crippen LogP contribution is 2.34. The molecule has 1 fully saturated rings. The molecule has 0 bridgehead atoms. The summed E-state index contributed by atoms with van der Waals surface area (Å²) in [6.45, 7) is 4.83. The lowest BCUT2D eigenvalue weighted by Gasteiger charge is -2.35. The molecule has 0 aromatic carbocycles. The first kappa shape index (κ1) is 15.4. The summed E-state index contributed by atoms with van der Waals surface area (Å²) in [5, 5.41) is 0. The van der Waals surface area contributed by atoms with Gasteiger partial charge in [0, 0.05) is 19.0 Å². The third-order valence-electron chi connectivity index (χ3n) is 4.24. The molecule has 1 saturated carbocycles.